The Morgan fingerprint density at radius 2 is 2.21 bits per heavy atom. The number of aromatic carboxylic acids is 1. The van der Waals surface area contributed by atoms with Crippen molar-refractivity contribution >= 4 is 35.4 Å². The molecule has 98 valence electrons. The summed E-state index contributed by atoms with van der Waals surface area (Å²) in [6.45, 7) is 0. The number of ether oxygens (including phenoxy) is 1. The molecule has 2 N–H and O–H groups in total. The number of aromatic amines is 1. The molecule has 0 saturated carbocycles. The molecule has 2 aromatic rings. The highest BCUT2D eigenvalue weighted by Crippen LogP contribution is 2.16. The van der Waals surface area contributed by atoms with Crippen LogP contribution in [0.4, 0.5) is 0 Å². The summed E-state index contributed by atoms with van der Waals surface area (Å²) in [6.07, 6.45) is 4.68. The first kappa shape index (κ1) is 13.0. The van der Waals surface area contributed by atoms with Crippen LogP contribution in [-0.2, 0) is 4.74 Å². The highest BCUT2D eigenvalue weighted by molar-refractivity contribution is 7.14. The Morgan fingerprint density at radius 3 is 2.84 bits per heavy atom. The molecule has 0 aliphatic rings. The van der Waals surface area contributed by atoms with E-state index < -0.39 is 11.9 Å². The molecule has 2 heterocycles. The average molecular weight is 278 g/mol. The van der Waals surface area contributed by atoms with Gasteiger partial charge >= 0.3 is 11.9 Å². The molecule has 0 spiro atoms. The highest BCUT2D eigenvalue weighted by Gasteiger charge is 2.08. The number of carbonyl (C=O) groups excluding carboxylic acids is 1. The van der Waals surface area contributed by atoms with E-state index in [1.165, 1.54) is 13.3 Å². The number of carboxylic acid groups (broad SMARTS) is 1. The van der Waals surface area contributed by atoms with Gasteiger partial charge in [-0.1, -0.05) is 0 Å². The van der Waals surface area contributed by atoms with Gasteiger partial charge < -0.3 is 14.8 Å². The Labute approximate surface area is 112 Å². The number of hydrogen-bond donors (Lipinski definition) is 2. The zero-order valence-electron chi connectivity index (χ0n) is 9.91. The second kappa shape index (κ2) is 5.49. The SMILES string of the molecule is COC(=O)c1ccc(/C=C/c2ncc(C(=O)O)s2)[nH]1. The normalized spacial score (nSPS) is 10.8. The van der Waals surface area contributed by atoms with E-state index in [2.05, 4.69) is 14.7 Å². The molecule has 2 aromatic heterocycles. The van der Waals surface area contributed by atoms with Crippen LogP contribution in [0.25, 0.3) is 12.2 Å². The van der Waals surface area contributed by atoms with Crippen molar-refractivity contribution in [2.45, 2.75) is 0 Å². The van der Waals surface area contributed by atoms with Crippen molar-refractivity contribution < 1.29 is 19.4 Å². The second-order valence-corrected chi connectivity index (χ2v) is 4.58. The van der Waals surface area contributed by atoms with Gasteiger partial charge in [0.2, 0.25) is 0 Å². The number of hydrogen-bond acceptors (Lipinski definition) is 5. The van der Waals surface area contributed by atoms with Gasteiger partial charge in [0.05, 0.1) is 13.3 Å². The molecule has 0 aromatic carbocycles. The molecular formula is C12H10N2O4S. The van der Waals surface area contributed by atoms with E-state index >= 15 is 0 Å². The van der Waals surface area contributed by atoms with Crippen molar-refractivity contribution in [3.8, 4) is 0 Å². The summed E-state index contributed by atoms with van der Waals surface area (Å²) in [7, 11) is 1.31. The van der Waals surface area contributed by atoms with E-state index in [1.54, 1.807) is 24.3 Å². The fraction of sp³-hybridized carbons (Fsp3) is 0.0833. The molecule has 0 aliphatic heterocycles. The molecule has 6 nitrogen and oxygen atoms in total. The Morgan fingerprint density at radius 1 is 1.42 bits per heavy atom. The molecule has 7 heteroatoms. The predicted molar refractivity (Wildman–Crippen MR) is 70.1 cm³/mol. The van der Waals surface area contributed by atoms with E-state index in [0.29, 0.717) is 16.4 Å². The third kappa shape index (κ3) is 3.08. The van der Waals surface area contributed by atoms with Crippen molar-refractivity contribution in [2.24, 2.45) is 0 Å². The highest BCUT2D eigenvalue weighted by atomic mass is 32.1. The molecule has 19 heavy (non-hydrogen) atoms. The average Bonchev–Trinajstić information content (AvgIpc) is 3.04. The van der Waals surface area contributed by atoms with E-state index in [4.69, 9.17) is 5.11 Å². The summed E-state index contributed by atoms with van der Waals surface area (Å²) in [5.41, 5.74) is 1.06. The first-order valence-electron chi connectivity index (χ1n) is 5.24. The van der Waals surface area contributed by atoms with Crippen LogP contribution in [0.5, 0.6) is 0 Å². The molecule has 2 rings (SSSR count). The number of aromatic nitrogens is 2. The minimum absolute atomic E-state index is 0.182. The van der Waals surface area contributed by atoms with E-state index in [-0.39, 0.29) is 4.88 Å². The topological polar surface area (TPSA) is 92.3 Å². The van der Waals surface area contributed by atoms with Gasteiger partial charge in [-0.05, 0) is 24.3 Å². The Kier molecular flexibility index (Phi) is 3.76. The van der Waals surface area contributed by atoms with Crippen LogP contribution in [0.15, 0.2) is 18.3 Å². The van der Waals surface area contributed by atoms with E-state index in [1.807, 2.05) is 0 Å². The smallest absolute Gasteiger partial charge is 0.354 e. The predicted octanol–water partition coefficient (Wildman–Crippen LogP) is 2.13. The first-order chi connectivity index (χ1) is 9.10. The lowest BCUT2D eigenvalue weighted by Crippen LogP contribution is -2.00. The van der Waals surface area contributed by atoms with Crippen molar-refractivity contribution in [1.82, 2.24) is 9.97 Å². The van der Waals surface area contributed by atoms with Gasteiger partial charge in [0.1, 0.15) is 15.6 Å². The number of esters is 1. The number of rotatable bonds is 4. The van der Waals surface area contributed by atoms with E-state index in [9.17, 15) is 9.59 Å². The van der Waals surface area contributed by atoms with Crippen LogP contribution in [0, 0.1) is 0 Å². The van der Waals surface area contributed by atoms with Gasteiger partial charge in [0, 0.05) is 5.69 Å². The molecule has 0 aliphatic carbocycles. The van der Waals surface area contributed by atoms with Crippen molar-refractivity contribution in [1.29, 1.82) is 0 Å². The zero-order chi connectivity index (χ0) is 13.8. The minimum Gasteiger partial charge on any atom is -0.477 e. The Hall–Kier alpha value is -2.41. The number of nitrogens with one attached hydrogen (secondary N) is 1. The van der Waals surface area contributed by atoms with Crippen LogP contribution in [-0.4, -0.2) is 34.1 Å². The zero-order valence-corrected chi connectivity index (χ0v) is 10.7. The maximum atomic E-state index is 11.2. The minimum atomic E-state index is -0.995. The summed E-state index contributed by atoms with van der Waals surface area (Å²) in [6, 6.07) is 3.32. The monoisotopic (exact) mass is 278 g/mol. The Balaban J connectivity index is 2.11. The summed E-state index contributed by atoms with van der Waals surface area (Å²) in [4.78, 5) is 28.9. The second-order valence-electron chi connectivity index (χ2n) is 3.52. The maximum Gasteiger partial charge on any atom is 0.354 e. The lowest BCUT2D eigenvalue weighted by Gasteiger charge is -1.93. The summed E-state index contributed by atoms with van der Waals surface area (Å²) >= 11 is 1.07. The number of H-pyrrole nitrogens is 1. The molecule has 0 atom stereocenters. The van der Waals surface area contributed by atoms with Gasteiger partial charge in [-0.25, -0.2) is 14.6 Å². The lowest BCUT2D eigenvalue weighted by atomic mass is 10.4. The van der Waals surface area contributed by atoms with Crippen LogP contribution in [0.1, 0.15) is 30.9 Å². The molecule has 0 bridgehead atoms. The van der Waals surface area contributed by atoms with Gasteiger partial charge in [-0.15, -0.1) is 11.3 Å². The third-order valence-corrected chi connectivity index (χ3v) is 3.20. The number of methoxy groups -OCH3 is 1. The van der Waals surface area contributed by atoms with Crippen LogP contribution < -0.4 is 0 Å². The molecule has 0 amide bonds. The van der Waals surface area contributed by atoms with Gasteiger partial charge in [-0.2, -0.15) is 0 Å². The fourth-order valence-corrected chi connectivity index (χ4v) is 2.02. The summed E-state index contributed by atoms with van der Waals surface area (Å²) in [5, 5.41) is 9.34. The maximum absolute atomic E-state index is 11.2. The number of nitrogens with zero attached hydrogens (tertiary/aromatic N) is 1. The molecule has 0 radical (unpaired) electrons. The van der Waals surface area contributed by atoms with Gasteiger partial charge in [0.15, 0.2) is 0 Å². The standard InChI is InChI=1S/C12H10N2O4S/c1-18-12(17)8-4-2-7(14-8)3-5-10-13-6-9(19-10)11(15)16/h2-6,14H,1H3,(H,15,16)/b5-3+. The quantitative estimate of drug-likeness (QED) is 0.836. The third-order valence-electron chi connectivity index (χ3n) is 2.25. The molecule has 0 unspecified atom stereocenters. The molecular weight excluding hydrogens is 268 g/mol. The molecule has 0 saturated heterocycles. The van der Waals surface area contributed by atoms with Crippen LogP contribution in [0.2, 0.25) is 0 Å². The number of thiazole rings is 1. The summed E-state index contributed by atoms with van der Waals surface area (Å²) in [5.74, 6) is -1.44. The molecule has 0 fully saturated rings. The van der Waals surface area contributed by atoms with E-state index in [0.717, 1.165) is 11.3 Å². The number of carboxylic acids is 1. The van der Waals surface area contributed by atoms with Crippen molar-refractivity contribution in [2.75, 3.05) is 7.11 Å². The van der Waals surface area contributed by atoms with Crippen molar-refractivity contribution in [3.05, 3.63) is 39.6 Å². The lowest BCUT2D eigenvalue weighted by molar-refractivity contribution is 0.0594. The Bertz CT molecular complexity index is 642. The fourth-order valence-electron chi connectivity index (χ4n) is 1.36. The largest absolute Gasteiger partial charge is 0.477 e. The van der Waals surface area contributed by atoms with Crippen LogP contribution in [0.3, 0.4) is 0 Å². The summed E-state index contributed by atoms with van der Waals surface area (Å²) < 4.78 is 4.57. The van der Waals surface area contributed by atoms with Gasteiger partial charge in [-0.3, -0.25) is 0 Å². The van der Waals surface area contributed by atoms with Crippen LogP contribution >= 0.6 is 11.3 Å². The first-order valence-corrected chi connectivity index (χ1v) is 6.06. The van der Waals surface area contributed by atoms with Crippen molar-refractivity contribution in [3.63, 3.8) is 0 Å². The number of carbonyl (C=O) groups is 2. The van der Waals surface area contributed by atoms with Gasteiger partial charge in [0.25, 0.3) is 0 Å².